The van der Waals surface area contributed by atoms with E-state index in [-0.39, 0.29) is 12.0 Å². The third-order valence-electron chi connectivity index (χ3n) is 5.36. The van der Waals surface area contributed by atoms with Crippen LogP contribution in [0.1, 0.15) is 27.2 Å². The van der Waals surface area contributed by atoms with Gasteiger partial charge in [-0.3, -0.25) is 4.79 Å². The van der Waals surface area contributed by atoms with E-state index in [4.69, 9.17) is 49.0 Å². The standard InChI is InChI=1S/C16H22Cl3NO5/c1-5-15(20-12(22)16(17,18)19)8(9-7-23-13(2,3)24-9)6-14(4)11(25-14)10(15)21/h5,8-11,21H,1,6-7H2,2-4H3,(H,20,22)/t8-,9-,10+,11-,14+,15-/m1/s1. The number of nitrogens with one attached hydrogen (secondary N) is 1. The Morgan fingerprint density at radius 2 is 1.96 bits per heavy atom. The molecular weight excluding hydrogens is 393 g/mol. The number of aliphatic hydroxyl groups is 1. The second-order valence-corrected chi connectivity index (χ2v) is 9.84. The average molecular weight is 415 g/mol. The second-order valence-electron chi connectivity index (χ2n) is 7.56. The van der Waals surface area contributed by atoms with Crippen LogP contribution in [-0.2, 0) is 19.0 Å². The first-order valence-corrected chi connectivity index (χ1v) is 9.19. The molecule has 0 bridgehead atoms. The quantitative estimate of drug-likeness (QED) is 0.420. The predicted octanol–water partition coefficient (Wildman–Crippen LogP) is 2.09. The lowest BCUT2D eigenvalue weighted by Gasteiger charge is -2.48. The smallest absolute Gasteiger partial charge is 0.272 e. The van der Waals surface area contributed by atoms with E-state index in [1.165, 1.54) is 6.08 Å². The highest BCUT2D eigenvalue weighted by atomic mass is 35.6. The fourth-order valence-electron chi connectivity index (χ4n) is 4.00. The van der Waals surface area contributed by atoms with Crippen LogP contribution in [0.5, 0.6) is 0 Å². The van der Waals surface area contributed by atoms with Crippen molar-refractivity contribution in [2.45, 2.75) is 66.2 Å². The number of aliphatic hydroxyl groups excluding tert-OH is 1. The van der Waals surface area contributed by atoms with Crippen LogP contribution in [0.2, 0.25) is 0 Å². The number of alkyl halides is 3. The summed E-state index contributed by atoms with van der Waals surface area (Å²) < 4.78 is 15.2. The van der Waals surface area contributed by atoms with Crippen LogP contribution < -0.4 is 5.32 Å². The van der Waals surface area contributed by atoms with E-state index in [0.717, 1.165) is 0 Å². The minimum atomic E-state index is -2.17. The molecule has 0 unspecified atom stereocenters. The number of ether oxygens (including phenoxy) is 3. The van der Waals surface area contributed by atoms with Gasteiger partial charge in [0.15, 0.2) is 5.79 Å². The van der Waals surface area contributed by atoms with Gasteiger partial charge in [-0.1, -0.05) is 40.9 Å². The molecule has 0 spiro atoms. The normalized spacial score (nSPS) is 45.6. The number of rotatable bonds is 3. The number of halogens is 3. The highest BCUT2D eigenvalue weighted by molar-refractivity contribution is 6.76. The topological polar surface area (TPSA) is 80.3 Å². The second kappa shape index (κ2) is 5.96. The van der Waals surface area contributed by atoms with Crippen LogP contribution in [0.3, 0.4) is 0 Å². The van der Waals surface area contributed by atoms with Crippen molar-refractivity contribution in [2.75, 3.05) is 6.61 Å². The molecule has 3 rings (SSSR count). The van der Waals surface area contributed by atoms with Gasteiger partial charge >= 0.3 is 0 Å². The molecule has 9 heteroatoms. The number of hydrogen-bond acceptors (Lipinski definition) is 5. The summed E-state index contributed by atoms with van der Waals surface area (Å²) in [5.41, 5.74) is -1.76. The fraction of sp³-hybridized carbons (Fsp3) is 0.812. The van der Waals surface area contributed by atoms with Gasteiger partial charge in [0.1, 0.15) is 12.2 Å². The summed E-state index contributed by atoms with van der Waals surface area (Å²) in [6.07, 6.45) is 0.128. The maximum Gasteiger partial charge on any atom is 0.272 e. The van der Waals surface area contributed by atoms with Crippen LogP contribution in [-0.4, -0.2) is 56.7 Å². The molecule has 0 aromatic rings. The van der Waals surface area contributed by atoms with Crippen molar-refractivity contribution in [3.05, 3.63) is 12.7 Å². The number of carbonyl (C=O) groups excluding carboxylic acids is 1. The molecule has 3 fully saturated rings. The van der Waals surface area contributed by atoms with Gasteiger partial charge in [-0.15, -0.1) is 6.58 Å². The van der Waals surface area contributed by atoms with Crippen LogP contribution in [0, 0.1) is 5.92 Å². The van der Waals surface area contributed by atoms with Gasteiger partial charge in [0, 0.05) is 5.92 Å². The number of fused-ring (bicyclic) bond motifs is 1. The van der Waals surface area contributed by atoms with Gasteiger partial charge < -0.3 is 24.6 Å². The molecule has 1 amide bonds. The van der Waals surface area contributed by atoms with Crippen molar-refractivity contribution in [3.8, 4) is 0 Å². The van der Waals surface area contributed by atoms with Crippen LogP contribution in [0.4, 0.5) is 0 Å². The number of amides is 1. The number of epoxide rings is 1. The third-order valence-corrected chi connectivity index (χ3v) is 5.88. The molecule has 25 heavy (non-hydrogen) atoms. The minimum absolute atomic E-state index is 0.310. The van der Waals surface area contributed by atoms with Crippen molar-refractivity contribution >= 4 is 40.7 Å². The molecule has 0 aromatic carbocycles. The van der Waals surface area contributed by atoms with E-state index in [9.17, 15) is 9.90 Å². The van der Waals surface area contributed by atoms with Crippen molar-refractivity contribution < 1.29 is 24.1 Å². The molecule has 2 heterocycles. The molecule has 142 valence electrons. The Hall–Kier alpha value is -0.0800. The highest BCUT2D eigenvalue weighted by Gasteiger charge is 2.70. The van der Waals surface area contributed by atoms with Crippen LogP contribution >= 0.6 is 34.8 Å². The molecule has 0 aromatic heterocycles. The lowest BCUT2D eigenvalue weighted by Crippen LogP contribution is -2.68. The van der Waals surface area contributed by atoms with Crippen molar-refractivity contribution in [1.29, 1.82) is 0 Å². The Balaban J connectivity index is 1.96. The van der Waals surface area contributed by atoms with Gasteiger partial charge in [0.2, 0.25) is 0 Å². The molecule has 3 aliphatic rings. The summed E-state index contributed by atoms with van der Waals surface area (Å²) in [6.45, 7) is 9.66. The maximum absolute atomic E-state index is 12.4. The molecule has 6 atom stereocenters. The van der Waals surface area contributed by atoms with Crippen molar-refractivity contribution in [3.63, 3.8) is 0 Å². The first-order valence-electron chi connectivity index (χ1n) is 8.05. The summed E-state index contributed by atoms with van der Waals surface area (Å²) >= 11 is 17.1. The largest absolute Gasteiger partial charge is 0.387 e. The Bertz CT molecular complexity index is 595. The van der Waals surface area contributed by atoms with Crippen molar-refractivity contribution in [2.24, 2.45) is 5.92 Å². The Kier molecular flexibility index (Phi) is 4.69. The molecule has 1 saturated carbocycles. The van der Waals surface area contributed by atoms with Gasteiger partial charge in [-0.2, -0.15) is 0 Å². The summed E-state index contributed by atoms with van der Waals surface area (Å²) in [6, 6.07) is 0. The first-order chi connectivity index (χ1) is 11.3. The van der Waals surface area contributed by atoms with Crippen LogP contribution in [0.15, 0.2) is 12.7 Å². The first kappa shape index (κ1) is 19.7. The summed E-state index contributed by atoms with van der Waals surface area (Å²) in [4.78, 5) is 12.4. The van der Waals surface area contributed by atoms with Gasteiger partial charge in [0.05, 0.1) is 23.9 Å². The number of carbonyl (C=O) groups is 1. The predicted molar refractivity (Wildman–Crippen MR) is 93.7 cm³/mol. The zero-order chi connectivity index (χ0) is 18.8. The summed E-state index contributed by atoms with van der Waals surface area (Å²) in [5.74, 6) is -1.98. The van der Waals surface area contributed by atoms with E-state index in [1.807, 2.05) is 6.92 Å². The van der Waals surface area contributed by atoms with Gasteiger partial charge in [-0.25, -0.2) is 0 Å². The zero-order valence-electron chi connectivity index (χ0n) is 14.2. The Morgan fingerprint density at radius 3 is 2.44 bits per heavy atom. The van der Waals surface area contributed by atoms with E-state index in [2.05, 4.69) is 11.9 Å². The van der Waals surface area contributed by atoms with E-state index in [1.54, 1.807) is 13.8 Å². The van der Waals surface area contributed by atoms with Gasteiger partial charge in [-0.05, 0) is 27.2 Å². The van der Waals surface area contributed by atoms with Gasteiger partial charge in [0.25, 0.3) is 9.70 Å². The summed E-state index contributed by atoms with van der Waals surface area (Å²) in [5, 5.41) is 13.6. The van der Waals surface area contributed by atoms with Crippen LogP contribution in [0.25, 0.3) is 0 Å². The highest BCUT2D eigenvalue weighted by Crippen LogP contribution is 2.55. The molecule has 6 nitrogen and oxygen atoms in total. The van der Waals surface area contributed by atoms with E-state index >= 15 is 0 Å². The van der Waals surface area contributed by atoms with Crippen molar-refractivity contribution in [1.82, 2.24) is 5.32 Å². The Morgan fingerprint density at radius 1 is 1.32 bits per heavy atom. The number of hydrogen-bond donors (Lipinski definition) is 2. The minimum Gasteiger partial charge on any atom is -0.387 e. The Labute approximate surface area is 161 Å². The third kappa shape index (κ3) is 3.31. The van der Waals surface area contributed by atoms with E-state index < -0.39 is 38.8 Å². The lowest BCUT2D eigenvalue weighted by molar-refractivity contribution is -0.154. The zero-order valence-corrected chi connectivity index (χ0v) is 16.5. The molecule has 1 aliphatic carbocycles. The lowest BCUT2D eigenvalue weighted by atomic mass is 9.65. The molecule has 2 aliphatic heterocycles. The van der Waals surface area contributed by atoms with E-state index in [0.29, 0.717) is 13.0 Å². The monoisotopic (exact) mass is 413 g/mol. The molecule has 2 saturated heterocycles. The SMILES string of the molecule is C=C[C@@]1(NC(=O)C(Cl)(Cl)Cl)[C@@H]([C@H]2COC(C)(C)O2)C[C@]2(C)O[C@@H]2[C@@H]1O. The molecule has 0 radical (unpaired) electrons. The molecule has 2 N–H and O–H groups in total. The summed E-state index contributed by atoms with van der Waals surface area (Å²) in [7, 11) is 0. The molecular formula is C16H22Cl3NO5. The average Bonchev–Trinajstić information content (AvgIpc) is 3.04. The maximum atomic E-state index is 12.4. The fourth-order valence-corrected chi connectivity index (χ4v) is 4.15.